The molecule has 2 aromatic rings. The van der Waals surface area contributed by atoms with Crippen molar-refractivity contribution in [3.05, 3.63) is 22.4 Å². The summed E-state index contributed by atoms with van der Waals surface area (Å²) in [5.41, 5.74) is 0. The molecule has 16 heavy (non-hydrogen) atoms. The molecule has 1 N–H and O–H groups in total. The van der Waals surface area contributed by atoms with Gasteiger partial charge in [0.2, 0.25) is 0 Å². The zero-order valence-corrected chi connectivity index (χ0v) is 10.1. The molecule has 2 rings (SSSR count). The highest BCUT2D eigenvalue weighted by molar-refractivity contribution is 7.27. The Morgan fingerprint density at radius 3 is 2.94 bits per heavy atom. The molecule has 0 aliphatic carbocycles. The van der Waals surface area contributed by atoms with E-state index in [9.17, 15) is 9.59 Å². The Labute approximate surface area is 99.8 Å². The number of thiophene rings is 2. The van der Waals surface area contributed by atoms with Crippen LogP contribution in [-0.4, -0.2) is 25.5 Å². The molecular formula is C10H9NO3S2. The largest absolute Gasteiger partial charge is 0.468 e. The lowest BCUT2D eigenvalue weighted by Crippen LogP contribution is -2.29. The van der Waals surface area contributed by atoms with E-state index in [1.807, 2.05) is 17.5 Å². The molecule has 0 saturated heterocycles. The monoisotopic (exact) mass is 255 g/mol. The number of hydrogen-bond acceptors (Lipinski definition) is 5. The van der Waals surface area contributed by atoms with Crippen molar-refractivity contribution in [2.75, 3.05) is 13.7 Å². The van der Waals surface area contributed by atoms with Gasteiger partial charge in [-0.2, -0.15) is 0 Å². The minimum atomic E-state index is -0.452. The number of esters is 1. The summed E-state index contributed by atoms with van der Waals surface area (Å²) in [6, 6.07) is 3.80. The van der Waals surface area contributed by atoms with Crippen molar-refractivity contribution < 1.29 is 14.3 Å². The van der Waals surface area contributed by atoms with Gasteiger partial charge in [0.05, 0.1) is 12.0 Å². The normalized spacial score (nSPS) is 10.3. The van der Waals surface area contributed by atoms with E-state index in [-0.39, 0.29) is 12.5 Å². The van der Waals surface area contributed by atoms with Crippen molar-refractivity contribution in [2.24, 2.45) is 0 Å². The molecule has 4 nitrogen and oxygen atoms in total. The third-order valence-corrected chi connectivity index (χ3v) is 4.08. The Bertz CT molecular complexity index is 500. The number of carbonyl (C=O) groups is 2. The zero-order chi connectivity index (χ0) is 11.5. The quantitative estimate of drug-likeness (QED) is 0.852. The minimum absolute atomic E-state index is 0.0963. The van der Waals surface area contributed by atoms with Crippen molar-refractivity contribution in [3.8, 4) is 0 Å². The smallest absolute Gasteiger partial charge is 0.325 e. The van der Waals surface area contributed by atoms with E-state index in [1.54, 1.807) is 11.3 Å². The number of carbonyl (C=O) groups excluding carboxylic acids is 2. The molecule has 0 fully saturated rings. The fourth-order valence-electron chi connectivity index (χ4n) is 1.19. The van der Waals surface area contributed by atoms with Crippen LogP contribution < -0.4 is 5.32 Å². The first-order valence-corrected chi connectivity index (χ1v) is 6.22. The summed E-state index contributed by atoms with van der Waals surface area (Å²) < 4.78 is 6.61. The van der Waals surface area contributed by atoms with Gasteiger partial charge in [0.15, 0.2) is 0 Å². The molecule has 0 radical (unpaired) electrons. The van der Waals surface area contributed by atoms with Crippen molar-refractivity contribution in [3.63, 3.8) is 0 Å². The van der Waals surface area contributed by atoms with Crippen LogP contribution in [0.2, 0.25) is 0 Å². The average molecular weight is 255 g/mol. The molecule has 0 aliphatic heterocycles. The van der Waals surface area contributed by atoms with Crippen LogP contribution in [0.25, 0.3) is 9.40 Å². The highest BCUT2D eigenvalue weighted by Gasteiger charge is 2.11. The number of rotatable bonds is 3. The van der Waals surface area contributed by atoms with Crippen LogP contribution >= 0.6 is 22.7 Å². The average Bonchev–Trinajstić information content (AvgIpc) is 2.85. The highest BCUT2D eigenvalue weighted by Crippen LogP contribution is 2.29. The minimum Gasteiger partial charge on any atom is -0.468 e. The van der Waals surface area contributed by atoms with Gasteiger partial charge >= 0.3 is 5.97 Å². The van der Waals surface area contributed by atoms with E-state index in [1.165, 1.54) is 18.4 Å². The van der Waals surface area contributed by atoms with Gasteiger partial charge in [0.1, 0.15) is 6.54 Å². The highest BCUT2D eigenvalue weighted by atomic mass is 32.1. The molecule has 0 bridgehead atoms. The summed E-state index contributed by atoms with van der Waals surface area (Å²) in [4.78, 5) is 23.1. The van der Waals surface area contributed by atoms with E-state index in [0.29, 0.717) is 4.88 Å². The van der Waals surface area contributed by atoms with Gasteiger partial charge in [-0.25, -0.2) is 0 Å². The molecule has 84 valence electrons. The predicted molar refractivity (Wildman–Crippen MR) is 64.1 cm³/mol. The van der Waals surface area contributed by atoms with Gasteiger partial charge in [0, 0.05) is 9.40 Å². The molecule has 0 spiro atoms. The molecule has 0 aromatic carbocycles. The maximum atomic E-state index is 11.6. The fourth-order valence-corrected chi connectivity index (χ4v) is 3.21. The number of methoxy groups -OCH3 is 1. The molecule has 1 amide bonds. The van der Waals surface area contributed by atoms with Crippen LogP contribution in [0.1, 0.15) is 9.67 Å². The van der Waals surface area contributed by atoms with Crippen LogP contribution in [0.3, 0.4) is 0 Å². The van der Waals surface area contributed by atoms with Crippen LogP contribution in [0.5, 0.6) is 0 Å². The first-order valence-electron chi connectivity index (χ1n) is 4.53. The Balaban J connectivity index is 2.04. The summed E-state index contributed by atoms with van der Waals surface area (Å²) >= 11 is 3.01. The number of ether oxygens (including phenoxy) is 1. The SMILES string of the molecule is COC(=O)CNC(=O)c1cc2sccc2s1. The molecule has 0 saturated carbocycles. The van der Waals surface area contributed by atoms with Gasteiger partial charge in [0.25, 0.3) is 5.91 Å². The predicted octanol–water partition coefficient (Wildman–Crippen LogP) is 1.87. The first kappa shape index (κ1) is 11.1. The summed E-state index contributed by atoms with van der Waals surface area (Å²) in [7, 11) is 1.29. The van der Waals surface area contributed by atoms with Gasteiger partial charge < -0.3 is 10.1 Å². The number of nitrogens with one attached hydrogen (secondary N) is 1. The third kappa shape index (κ3) is 2.23. The standard InChI is InChI=1S/C10H9NO3S2/c1-14-9(12)5-11-10(13)8-4-7-6(16-8)2-3-15-7/h2-4H,5H2,1H3,(H,11,13). The molecule has 0 aliphatic rings. The summed E-state index contributed by atoms with van der Waals surface area (Å²) in [6.07, 6.45) is 0. The fraction of sp³-hybridized carbons (Fsp3) is 0.200. The lowest BCUT2D eigenvalue weighted by molar-refractivity contribution is -0.139. The summed E-state index contributed by atoms with van der Waals surface area (Å²) in [5.74, 6) is -0.689. The van der Waals surface area contributed by atoms with Crippen molar-refractivity contribution in [2.45, 2.75) is 0 Å². The van der Waals surface area contributed by atoms with Crippen molar-refractivity contribution >= 4 is 43.9 Å². The molecule has 0 atom stereocenters. The van der Waals surface area contributed by atoms with Crippen molar-refractivity contribution in [1.82, 2.24) is 5.32 Å². The molecular weight excluding hydrogens is 246 g/mol. The van der Waals surface area contributed by atoms with E-state index in [0.717, 1.165) is 9.40 Å². The summed E-state index contributed by atoms with van der Waals surface area (Å²) in [5, 5.41) is 4.49. The van der Waals surface area contributed by atoms with Crippen LogP contribution in [0, 0.1) is 0 Å². The number of hydrogen-bond donors (Lipinski definition) is 1. The molecule has 2 aromatic heterocycles. The van der Waals surface area contributed by atoms with E-state index >= 15 is 0 Å². The van der Waals surface area contributed by atoms with E-state index < -0.39 is 5.97 Å². The third-order valence-electron chi connectivity index (χ3n) is 1.98. The van der Waals surface area contributed by atoms with Gasteiger partial charge in [-0.05, 0) is 17.5 Å². The topological polar surface area (TPSA) is 55.4 Å². The van der Waals surface area contributed by atoms with Crippen LogP contribution in [-0.2, 0) is 9.53 Å². The first-order chi connectivity index (χ1) is 7.70. The van der Waals surface area contributed by atoms with Crippen molar-refractivity contribution in [1.29, 1.82) is 0 Å². The van der Waals surface area contributed by atoms with Crippen LogP contribution in [0.15, 0.2) is 17.5 Å². The summed E-state index contributed by atoms with van der Waals surface area (Å²) in [6.45, 7) is -0.0963. The maximum Gasteiger partial charge on any atom is 0.325 e. The van der Waals surface area contributed by atoms with E-state index in [2.05, 4.69) is 10.1 Å². The van der Waals surface area contributed by atoms with Gasteiger partial charge in [-0.1, -0.05) is 0 Å². The Morgan fingerprint density at radius 2 is 2.25 bits per heavy atom. The Hall–Kier alpha value is -1.40. The van der Waals surface area contributed by atoms with Gasteiger partial charge in [-0.15, -0.1) is 22.7 Å². The number of amides is 1. The second kappa shape index (κ2) is 4.63. The Kier molecular flexibility index (Phi) is 3.21. The second-order valence-electron chi connectivity index (χ2n) is 3.02. The van der Waals surface area contributed by atoms with Gasteiger partial charge in [-0.3, -0.25) is 9.59 Å². The van der Waals surface area contributed by atoms with Crippen LogP contribution in [0.4, 0.5) is 0 Å². The maximum absolute atomic E-state index is 11.6. The number of fused-ring (bicyclic) bond motifs is 1. The second-order valence-corrected chi connectivity index (χ2v) is 5.05. The lowest BCUT2D eigenvalue weighted by atomic mass is 10.4. The molecule has 2 heterocycles. The molecule has 6 heteroatoms. The molecule has 0 unspecified atom stereocenters. The zero-order valence-electron chi connectivity index (χ0n) is 8.48. The van der Waals surface area contributed by atoms with E-state index in [4.69, 9.17) is 0 Å². The Morgan fingerprint density at radius 1 is 1.44 bits per heavy atom. The lowest BCUT2D eigenvalue weighted by Gasteiger charge is -2.00.